The van der Waals surface area contributed by atoms with Gasteiger partial charge in [0.15, 0.2) is 5.75 Å². The topological polar surface area (TPSA) is 126 Å². The van der Waals surface area contributed by atoms with E-state index in [0.29, 0.717) is 26.1 Å². The second-order valence-electron chi connectivity index (χ2n) is 6.19. The fourth-order valence-electron chi connectivity index (χ4n) is 2.68. The molecule has 0 aliphatic carbocycles. The number of carbonyl (C=O) groups is 2. The lowest BCUT2D eigenvalue weighted by Gasteiger charge is -2.23. The van der Waals surface area contributed by atoms with E-state index in [0.717, 1.165) is 6.07 Å². The number of amides is 2. The predicted octanol–water partition coefficient (Wildman–Crippen LogP) is 1.62. The second kappa shape index (κ2) is 9.73. The number of alkyl halides is 2. The third-order valence-corrected chi connectivity index (χ3v) is 4.55. The van der Waals surface area contributed by atoms with Gasteiger partial charge in [-0.3, -0.25) is 20.4 Å². The summed E-state index contributed by atoms with van der Waals surface area (Å²) in [5.74, 6) is -0.980. The lowest BCUT2D eigenvalue weighted by molar-refractivity contribution is -0.0494. The zero-order valence-corrected chi connectivity index (χ0v) is 16.5. The molecular weight excluding hydrogens is 430 g/mol. The molecule has 4 N–H and O–H groups in total. The summed E-state index contributed by atoms with van der Waals surface area (Å²) >= 11 is 6.24. The number of hydrogen-bond donors (Lipinski definition) is 4. The summed E-state index contributed by atoms with van der Waals surface area (Å²) in [6.45, 7) is -2.29. The molecule has 1 aromatic carbocycles. The highest BCUT2D eigenvalue weighted by molar-refractivity contribution is 6.37. The molecule has 0 radical (unpaired) electrons. The van der Waals surface area contributed by atoms with Gasteiger partial charge in [0.2, 0.25) is 5.96 Å². The molecule has 164 valence electrons. The molecule has 0 bridgehead atoms. The lowest BCUT2D eigenvalue weighted by atomic mass is 10.1. The first-order valence-corrected chi connectivity index (χ1v) is 9.19. The Morgan fingerprint density at radius 2 is 2.07 bits per heavy atom. The van der Waals surface area contributed by atoms with Crippen molar-refractivity contribution in [1.29, 1.82) is 0 Å². The Bertz CT molecular complexity index is 837. The van der Waals surface area contributed by atoms with Crippen LogP contribution in [0.5, 0.6) is 5.75 Å². The fraction of sp³-hybridized carbons (Fsp3) is 0.438. The first-order valence-electron chi connectivity index (χ1n) is 8.81. The molecule has 11 nitrogen and oxygen atoms in total. The van der Waals surface area contributed by atoms with Gasteiger partial charge in [-0.1, -0.05) is 11.6 Å². The van der Waals surface area contributed by atoms with Gasteiger partial charge < -0.3 is 14.2 Å². The molecule has 3 rings (SSSR count). The Hall–Kier alpha value is -2.90. The van der Waals surface area contributed by atoms with Crippen molar-refractivity contribution in [1.82, 2.24) is 21.4 Å². The monoisotopic (exact) mass is 448 g/mol. The molecule has 1 aromatic rings. The second-order valence-corrected chi connectivity index (χ2v) is 6.57. The maximum atomic E-state index is 12.8. The Balaban J connectivity index is 1.80. The summed E-state index contributed by atoms with van der Waals surface area (Å²) in [4.78, 5) is 24.8. The number of hydrazine groups is 2. The third kappa shape index (κ3) is 5.37. The molecule has 14 heteroatoms. The van der Waals surface area contributed by atoms with Gasteiger partial charge in [-0.25, -0.2) is 10.3 Å². The van der Waals surface area contributed by atoms with Gasteiger partial charge in [0.1, 0.15) is 11.8 Å². The Morgan fingerprint density at radius 3 is 2.70 bits per heavy atom. The van der Waals surface area contributed by atoms with Crippen molar-refractivity contribution in [2.75, 3.05) is 25.6 Å². The molecule has 2 aliphatic heterocycles. The standard InChI is InChI=1S/C16H19ClF2N6O5/c1-25-15(22-23-24-25)21-13(26)9-2-3-10(30-14(18)19)12(11(9)17)20-16(27)29-8-4-6-28-7-5-8/h2-3,8,14,23-24H,4-7H2,1H3,(H,20,27)(H,21,22,26). The average Bonchev–Trinajstić information content (AvgIpc) is 3.09. The van der Waals surface area contributed by atoms with Crippen LogP contribution in [0.1, 0.15) is 23.2 Å². The molecule has 0 spiro atoms. The Morgan fingerprint density at radius 1 is 1.33 bits per heavy atom. The molecule has 1 saturated heterocycles. The normalized spacial score (nSPS) is 16.7. The summed E-state index contributed by atoms with van der Waals surface area (Å²) in [5.41, 5.74) is 4.60. The first kappa shape index (κ1) is 21.8. The fourth-order valence-corrected chi connectivity index (χ4v) is 2.97. The molecule has 0 atom stereocenters. The van der Waals surface area contributed by atoms with Crippen molar-refractivity contribution in [2.24, 2.45) is 5.10 Å². The summed E-state index contributed by atoms with van der Waals surface area (Å²) in [6.07, 6.45) is -0.309. The number of guanidine groups is 1. The van der Waals surface area contributed by atoms with Gasteiger partial charge in [0, 0.05) is 19.9 Å². The minimum atomic E-state index is -3.17. The van der Waals surface area contributed by atoms with Crippen LogP contribution in [0.2, 0.25) is 5.02 Å². The summed E-state index contributed by atoms with van der Waals surface area (Å²) < 4.78 is 40.4. The van der Waals surface area contributed by atoms with Gasteiger partial charge >= 0.3 is 12.7 Å². The number of rotatable bonds is 5. The van der Waals surface area contributed by atoms with Gasteiger partial charge in [0.25, 0.3) is 5.91 Å². The van der Waals surface area contributed by atoms with Crippen LogP contribution < -0.4 is 26.4 Å². The van der Waals surface area contributed by atoms with E-state index in [2.05, 4.69) is 31.5 Å². The van der Waals surface area contributed by atoms with Crippen LogP contribution in [0.3, 0.4) is 0 Å². The van der Waals surface area contributed by atoms with Crippen LogP contribution in [-0.4, -0.2) is 55.9 Å². The Labute approximate surface area is 174 Å². The van der Waals surface area contributed by atoms with E-state index in [-0.39, 0.29) is 28.3 Å². The van der Waals surface area contributed by atoms with Crippen LogP contribution >= 0.6 is 11.6 Å². The van der Waals surface area contributed by atoms with E-state index >= 15 is 0 Å². The summed E-state index contributed by atoms with van der Waals surface area (Å²) in [5, 5.41) is 9.62. The molecule has 2 heterocycles. The first-order chi connectivity index (χ1) is 14.3. The quantitative estimate of drug-likeness (QED) is 0.535. The molecular formula is C16H19ClF2N6O5. The van der Waals surface area contributed by atoms with Gasteiger partial charge in [0.05, 0.1) is 23.8 Å². The minimum Gasteiger partial charge on any atom is -0.446 e. The van der Waals surface area contributed by atoms with Crippen LogP contribution in [0.25, 0.3) is 0 Å². The van der Waals surface area contributed by atoms with E-state index in [1.165, 1.54) is 11.1 Å². The minimum absolute atomic E-state index is 0.109. The predicted molar refractivity (Wildman–Crippen MR) is 101 cm³/mol. The molecule has 2 amide bonds. The van der Waals surface area contributed by atoms with E-state index in [1.54, 1.807) is 7.05 Å². The largest absolute Gasteiger partial charge is 0.446 e. The van der Waals surface area contributed by atoms with Gasteiger partial charge in [-0.2, -0.15) is 8.78 Å². The number of ether oxygens (including phenoxy) is 3. The van der Waals surface area contributed by atoms with Crippen LogP contribution in [-0.2, 0) is 9.47 Å². The highest BCUT2D eigenvalue weighted by atomic mass is 35.5. The number of nitrogens with zero attached hydrogens (tertiary/aromatic N) is 2. The summed E-state index contributed by atoms with van der Waals surface area (Å²) in [7, 11) is 1.58. The third-order valence-electron chi connectivity index (χ3n) is 4.16. The average molecular weight is 449 g/mol. The molecule has 0 aromatic heterocycles. The number of nitrogens with one attached hydrogen (secondary N) is 4. The maximum Gasteiger partial charge on any atom is 0.412 e. The number of hydrazone groups is 1. The van der Waals surface area contributed by atoms with E-state index < -0.39 is 24.4 Å². The summed E-state index contributed by atoms with van der Waals surface area (Å²) in [6, 6.07) is 2.27. The SMILES string of the molecule is CN1NNN=C1NC(=O)c1ccc(OC(F)F)c(NC(=O)OC2CCOCC2)c1Cl. The zero-order valence-electron chi connectivity index (χ0n) is 15.7. The molecule has 30 heavy (non-hydrogen) atoms. The Kier molecular flexibility index (Phi) is 7.07. The highest BCUT2D eigenvalue weighted by Gasteiger charge is 2.25. The highest BCUT2D eigenvalue weighted by Crippen LogP contribution is 2.36. The van der Waals surface area contributed by atoms with Crippen molar-refractivity contribution < 1.29 is 32.6 Å². The molecule has 1 fully saturated rings. The van der Waals surface area contributed by atoms with Crippen molar-refractivity contribution in [3.63, 3.8) is 0 Å². The van der Waals surface area contributed by atoms with E-state index in [9.17, 15) is 18.4 Å². The van der Waals surface area contributed by atoms with E-state index in [4.69, 9.17) is 21.1 Å². The number of halogens is 3. The van der Waals surface area contributed by atoms with Gasteiger partial charge in [-0.15, -0.1) is 10.6 Å². The smallest absolute Gasteiger partial charge is 0.412 e. The number of anilines is 1. The van der Waals surface area contributed by atoms with Crippen LogP contribution in [0.15, 0.2) is 17.2 Å². The maximum absolute atomic E-state index is 12.8. The molecule has 0 saturated carbocycles. The molecule has 0 unspecified atom stereocenters. The molecule has 2 aliphatic rings. The van der Waals surface area contributed by atoms with Crippen LogP contribution in [0.4, 0.5) is 19.3 Å². The number of hydrogen-bond acceptors (Lipinski definition) is 9. The van der Waals surface area contributed by atoms with Crippen LogP contribution in [0, 0.1) is 0 Å². The van der Waals surface area contributed by atoms with E-state index in [1.807, 2.05) is 0 Å². The number of carbonyl (C=O) groups excluding carboxylic acids is 2. The van der Waals surface area contributed by atoms with Crippen molar-refractivity contribution in [3.8, 4) is 5.75 Å². The number of benzene rings is 1. The zero-order chi connectivity index (χ0) is 21.7. The van der Waals surface area contributed by atoms with Crippen molar-refractivity contribution >= 4 is 35.2 Å². The van der Waals surface area contributed by atoms with Crippen molar-refractivity contribution in [3.05, 3.63) is 22.7 Å². The van der Waals surface area contributed by atoms with Gasteiger partial charge in [-0.05, 0) is 12.1 Å². The van der Waals surface area contributed by atoms with Crippen molar-refractivity contribution in [2.45, 2.75) is 25.6 Å². The lowest BCUT2D eigenvalue weighted by Crippen LogP contribution is -2.45.